The number of anilines is 3. The average molecular weight is 397 g/mol. The first-order chi connectivity index (χ1) is 13.5. The molecular weight excluding hydrogens is 378 g/mol. The fourth-order valence-electron chi connectivity index (χ4n) is 2.45. The van der Waals surface area contributed by atoms with Crippen LogP contribution in [0.5, 0.6) is 0 Å². The second-order valence-electron chi connectivity index (χ2n) is 5.92. The Morgan fingerprint density at radius 2 is 1.89 bits per heavy atom. The first-order valence-electron chi connectivity index (χ1n) is 8.38. The number of carbonyl (C=O) groups is 1. The van der Waals surface area contributed by atoms with Crippen LogP contribution in [-0.2, 0) is 27.9 Å². The predicted octanol–water partition coefficient (Wildman–Crippen LogP) is 2.43. The second kappa shape index (κ2) is 9.05. The van der Waals surface area contributed by atoms with Crippen LogP contribution >= 0.6 is 0 Å². The maximum Gasteiger partial charge on any atom is 0.338 e. The first kappa shape index (κ1) is 19.4. The molecule has 144 valence electrons. The van der Waals surface area contributed by atoms with Gasteiger partial charge in [0.25, 0.3) is 0 Å². The van der Waals surface area contributed by atoms with E-state index >= 15 is 0 Å². The second-order valence-corrected chi connectivity index (χ2v) is 7.35. The van der Waals surface area contributed by atoms with Crippen LogP contribution in [0.1, 0.15) is 21.7 Å². The molecule has 3 rings (SSSR count). The number of esters is 1. The van der Waals surface area contributed by atoms with Crippen LogP contribution in [0.15, 0.2) is 54.6 Å². The minimum absolute atomic E-state index is 0.0203. The molecule has 0 aliphatic rings. The molecule has 0 spiro atoms. The summed E-state index contributed by atoms with van der Waals surface area (Å²) in [5.74, 6) is 0.356. The lowest BCUT2D eigenvalue weighted by atomic mass is 10.1. The summed E-state index contributed by atoms with van der Waals surface area (Å²) in [5, 5.41) is 3.02. The van der Waals surface area contributed by atoms with Crippen LogP contribution in [0.2, 0.25) is 0 Å². The standard InChI is InChI=1S/C19H19N5O3S/c1-28(26)12-13-6-5-7-14(10-13)17(25)27-11-16-22-18(20)24-19(23-16)21-15-8-3-2-4-9-15/h2-10H,11-12H2,1H3,(H3,20,21,22,23,24). The van der Waals surface area contributed by atoms with Crippen molar-refractivity contribution in [1.29, 1.82) is 0 Å². The molecule has 0 fully saturated rings. The van der Waals surface area contributed by atoms with Crippen molar-refractivity contribution >= 4 is 34.4 Å². The van der Waals surface area contributed by atoms with Crippen LogP contribution in [-0.4, -0.2) is 31.4 Å². The zero-order valence-electron chi connectivity index (χ0n) is 15.2. The zero-order valence-corrected chi connectivity index (χ0v) is 16.0. The van der Waals surface area contributed by atoms with Crippen LogP contribution in [0.25, 0.3) is 0 Å². The van der Waals surface area contributed by atoms with Crippen molar-refractivity contribution in [3.8, 4) is 0 Å². The number of ether oxygens (including phenoxy) is 1. The van der Waals surface area contributed by atoms with E-state index in [1.54, 1.807) is 24.5 Å². The van der Waals surface area contributed by atoms with Crippen molar-refractivity contribution in [2.45, 2.75) is 12.4 Å². The molecule has 1 heterocycles. The average Bonchev–Trinajstić information content (AvgIpc) is 2.66. The Labute approximate surface area is 164 Å². The number of hydrogen-bond acceptors (Lipinski definition) is 8. The zero-order chi connectivity index (χ0) is 19.9. The highest BCUT2D eigenvalue weighted by molar-refractivity contribution is 7.83. The van der Waals surface area contributed by atoms with Gasteiger partial charge in [-0.05, 0) is 29.8 Å². The van der Waals surface area contributed by atoms with Crippen molar-refractivity contribution in [1.82, 2.24) is 15.0 Å². The molecule has 0 saturated heterocycles. The first-order valence-corrected chi connectivity index (χ1v) is 10.1. The summed E-state index contributed by atoms with van der Waals surface area (Å²) in [6.45, 7) is -0.154. The number of nitrogens with zero attached hydrogens (tertiary/aromatic N) is 3. The molecular formula is C19H19N5O3S. The van der Waals surface area contributed by atoms with E-state index in [0.29, 0.717) is 11.3 Å². The third-order valence-corrected chi connectivity index (χ3v) is 4.33. The van der Waals surface area contributed by atoms with E-state index in [1.165, 1.54) is 0 Å². The highest BCUT2D eigenvalue weighted by Crippen LogP contribution is 2.14. The molecule has 8 nitrogen and oxygen atoms in total. The molecule has 1 aromatic heterocycles. The highest BCUT2D eigenvalue weighted by Gasteiger charge is 2.11. The molecule has 3 aromatic rings. The van der Waals surface area contributed by atoms with Crippen LogP contribution in [0.4, 0.5) is 17.6 Å². The van der Waals surface area contributed by atoms with E-state index in [-0.39, 0.29) is 24.3 Å². The molecule has 0 aliphatic heterocycles. The van der Waals surface area contributed by atoms with Gasteiger partial charge in [0.1, 0.15) is 0 Å². The summed E-state index contributed by atoms with van der Waals surface area (Å²) in [5.41, 5.74) is 7.69. The summed E-state index contributed by atoms with van der Waals surface area (Å²) < 4.78 is 16.6. The number of hydrogen-bond donors (Lipinski definition) is 2. The summed E-state index contributed by atoms with van der Waals surface area (Å²) in [7, 11) is -0.994. The van der Waals surface area contributed by atoms with E-state index in [1.807, 2.05) is 36.4 Å². The smallest absolute Gasteiger partial charge is 0.338 e. The minimum atomic E-state index is -0.994. The molecule has 28 heavy (non-hydrogen) atoms. The maximum atomic E-state index is 12.3. The Morgan fingerprint density at radius 1 is 1.11 bits per heavy atom. The molecule has 0 bridgehead atoms. The molecule has 1 unspecified atom stereocenters. The van der Waals surface area contributed by atoms with Gasteiger partial charge in [0.15, 0.2) is 12.4 Å². The van der Waals surface area contributed by atoms with E-state index in [2.05, 4.69) is 20.3 Å². The summed E-state index contributed by atoms with van der Waals surface area (Å²) in [4.78, 5) is 24.5. The highest BCUT2D eigenvalue weighted by atomic mass is 32.2. The molecule has 1 atom stereocenters. The molecule has 0 saturated carbocycles. The lowest BCUT2D eigenvalue weighted by molar-refractivity contribution is 0.0462. The monoisotopic (exact) mass is 397 g/mol. The fraction of sp³-hybridized carbons (Fsp3) is 0.158. The largest absolute Gasteiger partial charge is 0.454 e. The predicted molar refractivity (Wildman–Crippen MR) is 107 cm³/mol. The molecule has 9 heteroatoms. The Bertz CT molecular complexity index is 998. The Hall–Kier alpha value is -3.33. The fourth-order valence-corrected chi connectivity index (χ4v) is 3.09. The quantitative estimate of drug-likeness (QED) is 0.583. The van der Waals surface area contributed by atoms with Crippen molar-refractivity contribution in [2.24, 2.45) is 0 Å². The van der Waals surface area contributed by atoms with Gasteiger partial charge in [-0.2, -0.15) is 15.0 Å². The van der Waals surface area contributed by atoms with E-state index in [0.717, 1.165) is 11.3 Å². The molecule has 3 N–H and O–H groups in total. The summed E-state index contributed by atoms with van der Waals surface area (Å²) in [6, 6.07) is 16.2. The minimum Gasteiger partial charge on any atom is -0.454 e. The lowest BCUT2D eigenvalue weighted by Crippen LogP contribution is -2.11. The number of para-hydroxylation sites is 1. The number of nitrogen functional groups attached to an aromatic ring is 1. The van der Waals surface area contributed by atoms with Gasteiger partial charge in [-0.1, -0.05) is 30.3 Å². The van der Waals surface area contributed by atoms with Gasteiger partial charge in [-0.3, -0.25) is 4.21 Å². The number of nitrogens with two attached hydrogens (primary N) is 1. The Kier molecular flexibility index (Phi) is 6.28. The van der Waals surface area contributed by atoms with E-state index in [9.17, 15) is 9.00 Å². The van der Waals surface area contributed by atoms with Crippen molar-refractivity contribution < 1.29 is 13.7 Å². The molecule has 0 radical (unpaired) electrons. The normalized spacial score (nSPS) is 11.6. The van der Waals surface area contributed by atoms with E-state index in [4.69, 9.17) is 10.5 Å². The third-order valence-electron chi connectivity index (χ3n) is 3.59. The van der Waals surface area contributed by atoms with Crippen LogP contribution in [0.3, 0.4) is 0 Å². The SMILES string of the molecule is CS(=O)Cc1cccc(C(=O)OCc2nc(N)nc(Nc3ccccc3)n2)c1. The Balaban J connectivity index is 1.67. The van der Waals surface area contributed by atoms with Gasteiger partial charge in [0, 0.05) is 28.5 Å². The van der Waals surface area contributed by atoms with Gasteiger partial charge in [-0.25, -0.2) is 4.79 Å². The van der Waals surface area contributed by atoms with Gasteiger partial charge >= 0.3 is 5.97 Å². The number of aromatic nitrogens is 3. The third kappa shape index (κ3) is 5.58. The van der Waals surface area contributed by atoms with Gasteiger partial charge in [-0.15, -0.1) is 0 Å². The van der Waals surface area contributed by atoms with Gasteiger partial charge < -0.3 is 15.8 Å². The number of rotatable bonds is 7. The summed E-state index contributed by atoms with van der Waals surface area (Å²) in [6.07, 6.45) is 1.61. The van der Waals surface area contributed by atoms with Crippen molar-refractivity contribution in [3.05, 3.63) is 71.5 Å². The Morgan fingerprint density at radius 3 is 2.64 bits per heavy atom. The summed E-state index contributed by atoms with van der Waals surface area (Å²) >= 11 is 0. The number of benzene rings is 2. The maximum absolute atomic E-state index is 12.3. The van der Waals surface area contributed by atoms with Gasteiger partial charge in [0.2, 0.25) is 11.9 Å². The van der Waals surface area contributed by atoms with Crippen molar-refractivity contribution in [3.63, 3.8) is 0 Å². The molecule has 0 aliphatic carbocycles. The van der Waals surface area contributed by atoms with Crippen LogP contribution in [0, 0.1) is 0 Å². The topological polar surface area (TPSA) is 120 Å². The lowest BCUT2D eigenvalue weighted by Gasteiger charge is -2.08. The molecule has 0 amide bonds. The van der Waals surface area contributed by atoms with Crippen LogP contribution < -0.4 is 11.1 Å². The molecule has 2 aromatic carbocycles. The number of carbonyl (C=O) groups excluding carboxylic acids is 1. The van der Waals surface area contributed by atoms with E-state index < -0.39 is 16.8 Å². The van der Waals surface area contributed by atoms with Gasteiger partial charge in [0.05, 0.1) is 5.56 Å². The van der Waals surface area contributed by atoms with Crippen molar-refractivity contribution in [2.75, 3.05) is 17.3 Å². The number of nitrogens with one attached hydrogen (secondary N) is 1.